The Balaban J connectivity index is 1.60. The van der Waals surface area contributed by atoms with Crippen molar-refractivity contribution in [3.63, 3.8) is 0 Å². The lowest BCUT2D eigenvalue weighted by Crippen LogP contribution is -2.53. The zero-order valence-corrected chi connectivity index (χ0v) is 16.8. The van der Waals surface area contributed by atoms with E-state index in [4.69, 9.17) is 5.73 Å². The van der Waals surface area contributed by atoms with Gasteiger partial charge in [-0.1, -0.05) is 12.1 Å². The number of benzene rings is 1. The number of aryl methyl sites for hydroxylation is 1. The molecular formula is C20H26N4O2S. The van der Waals surface area contributed by atoms with Crippen LogP contribution in [0.4, 0.5) is 10.7 Å². The minimum absolute atomic E-state index is 0.111. The highest BCUT2D eigenvalue weighted by Gasteiger charge is 2.27. The van der Waals surface area contributed by atoms with E-state index >= 15 is 0 Å². The molecule has 1 aromatic carbocycles. The molecular weight excluding hydrogens is 360 g/mol. The molecule has 0 bridgehead atoms. The molecule has 1 aliphatic heterocycles. The molecule has 0 radical (unpaired) electrons. The fourth-order valence-corrected chi connectivity index (χ4v) is 4.21. The molecule has 0 spiro atoms. The van der Waals surface area contributed by atoms with Gasteiger partial charge in [-0.2, -0.15) is 0 Å². The van der Waals surface area contributed by atoms with E-state index in [1.54, 1.807) is 11.4 Å². The largest absolute Gasteiger partial charge is 0.369 e. The molecule has 1 aromatic heterocycles. The number of nitrogens with zero attached hydrogens (tertiary/aromatic N) is 2. The van der Waals surface area contributed by atoms with Crippen LogP contribution in [0, 0.1) is 13.8 Å². The SMILES string of the molecule is Cc1cccc(N2CCN(C(C)C(=O)Nc3sccc3C(N)=O)CC2)c1C. The van der Waals surface area contributed by atoms with E-state index in [2.05, 4.69) is 47.2 Å². The highest BCUT2D eigenvalue weighted by atomic mass is 32.1. The number of hydrogen-bond donors (Lipinski definition) is 2. The van der Waals surface area contributed by atoms with Gasteiger partial charge in [0.2, 0.25) is 5.91 Å². The molecule has 2 aromatic rings. The van der Waals surface area contributed by atoms with E-state index in [0.29, 0.717) is 10.6 Å². The van der Waals surface area contributed by atoms with Crippen LogP contribution in [0.5, 0.6) is 0 Å². The highest BCUT2D eigenvalue weighted by Crippen LogP contribution is 2.25. The quantitative estimate of drug-likeness (QED) is 0.828. The maximum atomic E-state index is 12.6. The van der Waals surface area contributed by atoms with Gasteiger partial charge in [0.15, 0.2) is 0 Å². The molecule has 3 N–H and O–H groups in total. The van der Waals surface area contributed by atoms with E-state index in [9.17, 15) is 9.59 Å². The predicted octanol–water partition coefficient (Wildman–Crippen LogP) is 2.61. The third-order valence-corrected chi connectivity index (χ3v) is 6.16. The first kappa shape index (κ1) is 19.4. The van der Waals surface area contributed by atoms with Gasteiger partial charge in [0, 0.05) is 31.9 Å². The van der Waals surface area contributed by atoms with Crippen LogP contribution in [-0.4, -0.2) is 48.9 Å². The molecule has 1 atom stereocenters. The first-order valence-corrected chi connectivity index (χ1v) is 10.00. The van der Waals surface area contributed by atoms with Gasteiger partial charge in [0.05, 0.1) is 11.6 Å². The van der Waals surface area contributed by atoms with E-state index in [1.807, 2.05) is 6.92 Å². The van der Waals surface area contributed by atoms with Crippen molar-refractivity contribution in [1.29, 1.82) is 0 Å². The predicted molar refractivity (Wildman–Crippen MR) is 111 cm³/mol. The zero-order chi connectivity index (χ0) is 19.6. The lowest BCUT2D eigenvalue weighted by atomic mass is 10.1. The Bertz CT molecular complexity index is 840. The lowest BCUT2D eigenvalue weighted by molar-refractivity contribution is -0.120. The van der Waals surface area contributed by atoms with Crippen molar-refractivity contribution < 1.29 is 9.59 Å². The van der Waals surface area contributed by atoms with Gasteiger partial charge in [-0.3, -0.25) is 14.5 Å². The van der Waals surface area contributed by atoms with Crippen LogP contribution < -0.4 is 16.0 Å². The Kier molecular flexibility index (Phi) is 5.82. The van der Waals surface area contributed by atoms with Gasteiger partial charge < -0.3 is 16.0 Å². The summed E-state index contributed by atoms with van der Waals surface area (Å²) in [4.78, 5) is 28.6. The average Bonchev–Trinajstić information content (AvgIpc) is 3.12. The van der Waals surface area contributed by atoms with Crippen LogP contribution in [-0.2, 0) is 4.79 Å². The van der Waals surface area contributed by atoms with Crippen molar-refractivity contribution >= 4 is 33.8 Å². The van der Waals surface area contributed by atoms with Gasteiger partial charge in [-0.05, 0) is 49.4 Å². The Hall–Kier alpha value is -2.38. The maximum Gasteiger partial charge on any atom is 0.251 e. The maximum absolute atomic E-state index is 12.6. The molecule has 27 heavy (non-hydrogen) atoms. The molecule has 7 heteroatoms. The molecule has 0 saturated carbocycles. The number of anilines is 2. The van der Waals surface area contributed by atoms with Gasteiger partial charge in [-0.15, -0.1) is 11.3 Å². The second-order valence-corrected chi connectivity index (χ2v) is 7.85. The highest BCUT2D eigenvalue weighted by molar-refractivity contribution is 7.14. The summed E-state index contributed by atoms with van der Waals surface area (Å²) in [5, 5.41) is 5.13. The van der Waals surface area contributed by atoms with E-state index in [-0.39, 0.29) is 11.9 Å². The third kappa shape index (κ3) is 4.14. The summed E-state index contributed by atoms with van der Waals surface area (Å²) < 4.78 is 0. The Morgan fingerprint density at radius 3 is 2.52 bits per heavy atom. The molecule has 3 rings (SSSR count). The molecule has 0 aliphatic carbocycles. The number of primary amides is 1. The van der Waals surface area contributed by atoms with Crippen LogP contribution in [0.2, 0.25) is 0 Å². The lowest BCUT2D eigenvalue weighted by Gasteiger charge is -2.39. The second-order valence-electron chi connectivity index (χ2n) is 6.93. The number of rotatable bonds is 5. The number of carbonyl (C=O) groups excluding carboxylic acids is 2. The summed E-state index contributed by atoms with van der Waals surface area (Å²) in [6, 6.07) is 7.75. The van der Waals surface area contributed by atoms with Crippen molar-refractivity contribution in [3.8, 4) is 0 Å². The summed E-state index contributed by atoms with van der Waals surface area (Å²) in [6.45, 7) is 9.59. The normalized spacial score (nSPS) is 16.2. The summed E-state index contributed by atoms with van der Waals surface area (Å²) >= 11 is 1.31. The molecule has 1 fully saturated rings. The number of thiophene rings is 1. The Morgan fingerprint density at radius 1 is 1.15 bits per heavy atom. The first-order valence-electron chi connectivity index (χ1n) is 9.12. The average molecular weight is 387 g/mol. The Labute approximate surface area is 164 Å². The van der Waals surface area contributed by atoms with Crippen molar-refractivity contribution in [1.82, 2.24) is 4.90 Å². The van der Waals surface area contributed by atoms with Gasteiger partial charge in [0.25, 0.3) is 5.91 Å². The summed E-state index contributed by atoms with van der Waals surface area (Å²) in [5.74, 6) is -0.638. The molecule has 2 heterocycles. The second kappa shape index (κ2) is 8.10. The van der Waals surface area contributed by atoms with Crippen molar-refractivity contribution in [2.45, 2.75) is 26.8 Å². The van der Waals surface area contributed by atoms with Crippen LogP contribution in [0.25, 0.3) is 0 Å². The molecule has 144 valence electrons. The van der Waals surface area contributed by atoms with Crippen molar-refractivity contribution in [2.24, 2.45) is 5.73 Å². The third-order valence-electron chi connectivity index (χ3n) is 5.33. The van der Waals surface area contributed by atoms with Crippen LogP contribution in [0.3, 0.4) is 0 Å². The van der Waals surface area contributed by atoms with Gasteiger partial charge >= 0.3 is 0 Å². The zero-order valence-electron chi connectivity index (χ0n) is 16.0. The van der Waals surface area contributed by atoms with E-state index in [1.165, 1.54) is 28.2 Å². The topological polar surface area (TPSA) is 78.7 Å². The van der Waals surface area contributed by atoms with Crippen LogP contribution >= 0.6 is 11.3 Å². The smallest absolute Gasteiger partial charge is 0.251 e. The van der Waals surface area contributed by atoms with Crippen molar-refractivity contribution in [2.75, 3.05) is 36.4 Å². The fourth-order valence-electron chi connectivity index (χ4n) is 3.41. The van der Waals surface area contributed by atoms with Gasteiger partial charge in [-0.25, -0.2) is 0 Å². The number of nitrogens with two attached hydrogens (primary N) is 1. The molecule has 1 unspecified atom stereocenters. The monoisotopic (exact) mass is 386 g/mol. The van der Waals surface area contributed by atoms with Gasteiger partial charge in [0.1, 0.15) is 5.00 Å². The number of amides is 2. The molecule has 2 amide bonds. The Morgan fingerprint density at radius 2 is 1.85 bits per heavy atom. The molecule has 1 saturated heterocycles. The molecule has 6 nitrogen and oxygen atoms in total. The first-order chi connectivity index (χ1) is 12.9. The van der Waals surface area contributed by atoms with E-state index in [0.717, 1.165) is 26.2 Å². The minimum atomic E-state index is -0.527. The molecule has 1 aliphatic rings. The number of carbonyl (C=O) groups is 2. The van der Waals surface area contributed by atoms with Crippen LogP contribution in [0.1, 0.15) is 28.4 Å². The van der Waals surface area contributed by atoms with Crippen LogP contribution in [0.15, 0.2) is 29.6 Å². The standard InChI is InChI=1S/C20H26N4O2S/c1-13-5-4-6-17(14(13)2)24-10-8-23(9-11-24)15(3)19(26)22-20-16(18(21)25)7-12-27-20/h4-7,12,15H,8-11H2,1-3H3,(H2,21,25)(H,22,26). The number of piperazine rings is 1. The van der Waals surface area contributed by atoms with E-state index < -0.39 is 5.91 Å². The fraction of sp³-hybridized carbons (Fsp3) is 0.400. The summed E-state index contributed by atoms with van der Waals surface area (Å²) in [6.07, 6.45) is 0. The number of hydrogen-bond acceptors (Lipinski definition) is 5. The minimum Gasteiger partial charge on any atom is -0.369 e. The number of nitrogens with one attached hydrogen (secondary N) is 1. The summed E-state index contributed by atoms with van der Waals surface area (Å²) in [7, 11) is 0. The summed E-state index contributed by atoms with van der Waals surface area (Å²) in [5.41, 5.74) is 9.59. The van der Waals surface area contributed by atoms with Crippen molar-refractivity contribution in [3.05, 3.63) is 46.3 Å².